The summed E-state index contributed by atoms with van der Waals surface area (Å²) in [5.74, 6) is 1.34. The van der Waals surface area contributed by atoms with E-state index in [9.17, 15) is 4.79 Å². The zero-order valence-corrected chi connectivity index (χ0v) is 14.2. The maximum atomic E-state index is 12.3. The van der Waals surface area contributed by atoms with Gasteiger partial charge in [-0.3, -0.25) is 4.79 Å². The lowest BCUT2D eigenvalue weighted by Gasteiger charge is -2.30. The van der Waals surface area contributed by atoms with Crippen LogP contribution < -0.4 is 15.4 Å². The van der Waals surface area contributed by atoms with Crippen LogP contribution in [0.2, 0.25) is 0 Å². The molecule has 1 aromatic carbocycles. The molecule has 0 spiro atoms. The van der Waals surface area contributed by atoms with Crippen molar-refractivity contribution in [3.63, 3.8) is 0 Å². The molecule has 22 heavy (non-hydrogen) atoms. The van der Waals surface area contributed by atoms with E-state index >= 15 is 0 Å². The third-order valence-corrected chi connectivity index (χ3v) is 4.03. The van der Waals surface area contributed by atoms with Crippen LogP contribution in [0.25, 0.3) is 0 Å². The number of halogens is 1. The Morgan fingerprint density at radius 2 is 2.09 bits per heavy atom. The molecule has 0 aliphatic carbocycles. The molecule has 2 N–H and O–H groups in total. The summed E-state index contributed by atoms with van der Waals surface area (Å²) in [6.07, 6.45) is 3.28. The molecule has 1 fully saturated rings. The van der Waals surface area contributed by atoms with Crippen LogP contribution in [0.4, 0.5) is 0 Å². The minimum absolute atomic E-state index is 0. The average Bonchev–Trinajstić information content (AvgIpc) is 2.50. The Kier molecular flexibility index (Phi) is 8.28. The number of rotatable bonds is 6. The standard InChI is InChI=1S/C17H26N2O2.ClH/c1-3-4-11-21-15-7-5-14(6-8-15)17(20)19-16-12-18-10-9-13(16)2;/h5-8,13,16,18H,3-4,9-12H2,1-2H3,(H,19,20);1H. The topological polar surface area (TPSA) is 50.4 Å². The molecule has 2 rings (SSSR count). The van der Waals surface area contributed by atoms with Gasteiger partial charge >= 0.3 is 0 Å². The van der Waals surface area contributed by atoms with Crippen molar-refractivity contribution in [2.24, 2.45) is 5.92 Å². The molecular formula is C17H27ClN2O2. The van der Waals surface area contributed by atoms with Crippen LogP contribution in [0, 0.1) is 5.92 Å². The van der Waals surface area contributed by atoms with Crippen LogP contribution in [0.15, 0.2) is 24.3 Å². The SMILES string of the molecule is CCCCOc1ccc(C(=O)NC2CNCCC2C)cc1.Cl. The summed E-state index contributed by atoms with van der Waals surface area (Å²) in [6, 6.07) is 7.61. The Hall–Kier alpha value is -1.26. The summed E-state index contributed by atoms with van der Waals surface area (Å²) >= 11 is 0. The van der Waals surface area contributed by atoms with Gasteiger partial charge in [-0.1, -0.05) is 20.3 Å². The van der Waals surface area contributed by atoms with Crippen LogP contribution in [-0.2, 0) is 0 Å². The zero-order valence-electron chi connectivity index (χ0n) is 13.4. The van der Waals surface area contributed by atoms with Gasteiger partial charge in [0.1, 0.15) is 5.75 Å². The first kappa shape index (κ1) is 18.8. The Morgan fingerprint density at radius 1 is 1.36 bits per heavy atom. The lowest BCUT2D eigenvalue weighted by Crippen LogP contribution is -2.50. The number of carbonyl (C=O) groups is 1. The summed E-state index contributed by atoms with van der Waals surface area (Å²) in [6.45, 7) is 6.95. The van der Waals surface area contributed by atoms with E-state index in [4.69, 9.17) is 4.74 Å². The summed E-state index contributed by atoms with van der Waals surface area (Å²) < 4.78 is 5.61. The lowest BCUT2D eigenvalue weighted by atomic mass is 9.94. The van der Waals surface area contributed by atoms with E-state index in [-0.39, 0.29) is 24.4 Å². The Labute approximate surface area is 139 Å². The number of ether oxygens (including phenoxy) is 1. The van der Waals surface area contributed by atoms with Crippen molar-refractivity contribution in [1.29, 1.82) is 0 Å². The Balaban J connectivity index is 0.00000242. The molecule has 2 unspecified atom stereocenters. The molecular weight excluding hydrogens is 300 g/mol. The highest BCUT2D eigenvalue weighted by atomic mass is 35.5. The normalized spacial score (nSPS) is 20.8. The number of carbonyl (C=O) groups excluding carboxylic acids is 1. The molecule has 0 saturated carbocycles. The lowest BCUT2D eigenvalue weighted by molar-refractivity contribution is 0.0915. The fraction of sp³-hybridized carbons (Fsp3) is 0.588. The molecule has 1 amide bonds. The number of piperidine rings is 1. The largest absolute Gasteiger partial charge is 0.494 e. The second-order valence-corrected chi connectivity index (χ2v) is 5.78. The minimum atomic E-state index is -0.00402. The van der Waals surface area contributed by atoms with Gasteiger partial charge in [-0.25, -0.2) is 0 Å². The van der Waals surface area contributed by atoms with Crippen molar-refractivity contribution in [1.82, 2.24) is 10.6 Å². The maximum absolute atomic E-state index is 12.3. The van der Waals surface area contributed by atoms with Crippen LogP contribution in [0.3, 0.4) is 0 Å². The number of hydrogen-bond donors (Lipinski definition) is 2. The summed E-state index contributed by atoms with van der Waals surface area (Å²) in [4.78, 5) is 12.3. The first-order chi connectivity index (χ1) is 10.2. The maximum Gasteiger partial charge on any atom is 0.251 e. The fourth-order valence-corrected chi connectivity index (χ4v) is 2.47. The van der Waals surface area contributed by atoms with Crippen molar-refractivity contribution in [3.05, 3.63) is 29.8 Å². The molecule has 4 nitrogen and oxygen atoms in total. The van der Waals surface area contributed by atoms with Gasteiger partial charge in [-0.2, -0.15) is 0 Å². The summed E-state index contributed by atoms with van der Waals surface area (Å²) in [7, 11) is 0. The number of benzene rings is 1. The summed E-state index contributed by atoms with van der Waals surface area (Å²) in [5, 5.41) is 6.44. The van der Waals surface area contributed by atoms with Crippen LogP contribution in [0.5, 0.6) is 5.75 Å². The van der Waals surface area contributed by atoms with Crippen LogP contribution in [-0.4, -0.2) is 31.6 Å². The van der Waals surface area contributed by atoms with Crippen molar-refractivity contribution in [2.45, 2.75) is 39.2 Å². The number of unbranched alkanes of at least 4 members (excludes halogenated alkanes) is 1. The molecule has 2 atom stereocenters. The van der Waals surface area contributed by atoms with Gasteiger partial charge in [0.15, 0.2) is 0 Å². The molecule has 1 aliphatic heterocycles. The summed E-state index contributed by atoms with van der Waals surface area (Å²) in [5.41, 5.74) is 0.690. The molecule has 1 saturated heterocycles. The first-order valence-corrected chi connectivity index (χ1v) is 7.95. The molecule has 0 bridgehead atoms. The molecule has 1 aromatic rings. The highest BCUT2D eigenvalue weighted by Crippen LogP contribution is 2.15. The van der Waals surface area contributed by atoms with Gasteiger partial charge in [0, 0.05) is 18.2 Å². The predicted octanol–water partition coefficient (Wildman–Crippen LogP) is 3.02. The van der Waals surface area contributed by atoms with E-state index in [2.05, 4.69) is 24.5 Å². The van der Waals surface area contributed by atoms with Crippen molar-refractivity contribution < 1.29 is 9.53 Å². The molecule has 0 aromatic heterocycles. The molecule has 1 aliphatic rings. The second kappa shape index (κ2) is 9.70. The number of nitrogens with one attached hydrogen (secondary N) is 2. The molecule has 1 heterocycles. The zero-order chi connectivity index (χ0) is 15.1. The molecule has 124 valence electrons. The Bertz CT molecular complexity index is 450. The number of amides is 1. The highest BCUT2D eigenvalue weighted by molar-refractivity contribution is 5.94. The van der Waals surface area contributed by atoms with Gasteiger partial charge in [-0.15, -0.1) is 12.4 Å². The smallest absolute Gasteiger partial charge is 0.251 e. The monoisotopic (exact) mass is 326 g/mol. The average molecular weight is 327 g/mol. The molecule has 5 heteroatoms. The minimum Gasteiger partial charge on any atom is -0.494 e. The quantitative estimate of drug-likeness (QED) is 0.790. The molecule has 0 radical (unpaired) electrons. The second-order valence-electron chi connectivity index (χ2n) is 5.78. The third-order valence-electron chi connectivity index (χ3n) is 4.03. The van der Waals surface area contributed by atoms with Gasteiger partial charge < -0.3 is 15.4 Å². The third kappa shape index (κ3) is 5.50. The van der Waals surface area contributed by atoms with Crippen molar-refractivity contribution >= 4 is 18.3 Å². The van der Waals surface area contributed by atoms with Crippen molar-refractivity contribution in [3.8, 4) is 5.75 Å². The van der Waals surface area contributed by atoms with Gasteiger partial charge in [0.2, 0.25) is 0 Å². The van der Waals surface area contributed by atoms with E-state index < -0.39 is 0 Å². The van der Waals surface area contributed by atoms with E-state index in [0.717, 1.165) is 44.7 Å². The van der Waals surface area contributed by atoms with Crippen LogP contribution in [0.1, 0.15) is 43.5 Å². The first-order valence-electron chi connectivity index (χ1n) is 7.95. The van der Waals surface area contributed by atoms with E-state index in [1.807, 2.05) is 24.3 Å². The Morgan fingerprint density at radius 3 is 2.73 bits per heavy atom. The number of hydrogen-bond acceptors (Lipinski definition) is 3. The van der Waals surface area contributed by atoms with Crippen LogP contribution >= 0.6 is 12.4 Å². The van der Waals surface area contributed by atoms with Crippen molar-refractivity contribution in [2.75, 3.05) is 19.7 Å². The van der Waals surface area contributed by atoms with Gasteiger partial charge in [-0.05, 0) is 49.6 Å². The predicted molar refractivity (Wildman–Crippen MR) is 92.0 cm³/mol. The van der Waals surface area contributed by atoms with Gasteiger partial charge in [0.25, 0.3) is 5.91 Å². The fourth-order valence-electron chi connectivity index (χ4n) is 2.47. The van der Waals surface area contributed by atoms with E-state index in [0.29, 0.717) is 11.5 Å². The van der Waals surface area contributed by atoms with E-state index in [1.54, 1.807) is 0 Å². The van der Waals surface area contributed by atoms with E-state index in [1.165, 1.54) is 0 Å². The highest BCUT2D eigenvalue weighted by Gasteiger charge is 2.22. The van der Waals surface area contributed by atoms with Gasteiger partial charge in [0.05, 0.1) is 6.61 Å².